The summed E-state index contributed by atoms with van der Waals surface area (Å²) in [7, 11) is 0. The quantitative estimate of drug-likeness (QED) is 0.682. The van der Waals surface area contributed by atoms with Crippen LogP contribution in [0.25, 0.3) is 0 Å². The van der Waals surface area contributed by atoms with Gasteiger partial charge in [-0.15, -0.1) is 0 Å². The van der Waals surface area contributed by atoms with Crippen molar-refractivity contribution in [2.45, 2.75) is 84.8 Å². The molecule has 0 heterocycles. The van der Waals surface area contributed by atoms with Crippen molar-refractivity contribution in [2.75, 3.05) is 0 Å². The molecular formula is C20H34O4. The van der Waals surface area contributed by atoms with E-state index >= 15 is 0 Å². The molecule has 2 rings (SSSR count). The molecule has 2 aliphatic carbocycles. The lowest BCUT2D eigenvalue weighted by Crippen LogP contribution is -2.65. The van der Waals surface area contributed by atoms with Crippen LogP contribution in [0.5, 0.6) is 0 Å². The minimum atomic E-state index is -1.07. The van der Waals surface area contributed by atoms with Crippen LogP contribution < -0.4 is 0 Å². The van der Waals surface area contributed by atoms with Gasteiger partial charge in [-0.2, -0.15) is 0 Å². The first kappa shape index (κ1) is 19.5. The molecule has 3 N–H and O–H groups in total. The molecule has 138 valence electrons. The second kappa shape index (κ2) is 6.45. The fraction of sp³-hybridized carbons (Fsp3) is 0.850. The number of hydrogen-bond acceptors (Lipinski definition) is 3. The summed E-state index contributed by atoms with van der Waals surface area (Å²) in [6.07, 6.45) is 5.87. The Hall–Kier alpha value is -0.870. The monoisotopic (exact) mass is 338 g/mol. The van der Waals surface area contributed by atoms with Gasteiger partial charge in [0.25, 0.3) is 0 Å². The molecule has 0 aliphatic heterocycles. The van der Waals surface area contributed by atoms with Gasteiger partial charge in [0, 0.05) is 11.5 Å². The molecule has 0 bridgehead atoms. The summed E-state index contributed by atoms with van der Waals surface area (Å²) >= 11 is 0. The fourth-order valence-corrected chi connectivity index (χ4v) is 5.50. The van der Waals surface area contributed by atoms with Crippen LogP contribution >= 0.6 is 0 Å². The van der Waals surface area contributed by atoms with Gasteiger partial charge in [-0.1, -0.05) is 26.3 Å². The predicted molar refractivity (Wildman–Crippen MR) is 94.6 cm³/mol. The lowest BCUT2D eigenvalue weighted by molar-refractivity contribution is -0.235. The Morgan fingerprint density at radius 1 is 1.21 bits per heavy atom. The third kappa shape index (κ3) is 3.03. The van der Waals surface area contributed by atoms with E-state index in [0.29, 0.717) is 18.3 Å². The second-order valence-corrected chi connectivity index (χ2v) is 8.99. The van der Waals surface area contributed by atoms with E-state index in [1.54, 1.807) is 6.92 Å². The number of rotatable bonds is 4. The first-order chi connectivity index (χ1) is 10.9. The summed E-state index contributed by atoms with van der Waals surface area (Å²) in [6, 6.07) is 0. The van der Waals surface area contributed by atoms with E-state index in [4.69, 9.17) is 5.11 Å². The molecule has 0 aromatic carbocycles. The van der Waals surface area contributed by atoms with Crippen LogP contribution in [0, 0.1) is 22.7 Å². The lowest BCUT2D eigenvalue weighted by atomic mass is 9.43. The van der Waals surface area contributed by atoms with Gasteiger partial charge in [0.1, 0.15) is 0 Å². The van der Waals surface area contributed by atoms with Crippen molar-refractivity contribution in [2.24, 2.45) is 22.7 Å². The maximum Gasteiger partial charge on any atom is 0.328 e. The van der Waals surface area contributed by atoms with Crippen molar-refractivity contribution in [3.05, 3.63) is 11.6 Å². The van der Waals surface area contributed by atoms with Gasteiger partial charge >= 0.3 is 5.97 Å². The van der Waals surface area contributed by atoms with E-state index in [9.17, 15) is 15.0 Å². The van der Waals surface area contributed by atoms with Crippen LogP contribution in [0.2, 0.25) is 0 Å². The summed E-state index contributed by atoms with van der Waals surface area (Å²) in [5, 5.41) is 30.4. The van der Waals surface area contributed by atoms with Crippen molar-refractivity contribution in [1.29, 1.82) is 0 Å². The van der Waals surface area contributed by atoms with Gasteiger partial charge in [-0.05, 0) is 69.6 Å². The zero-order valence-corrected chi connectivity index (χ0v) is 15.8. The molecule has 6 atom stereocenters. The Morgan fingerprint density at radius 2 is 1.83 bits per heavy atom. The summed E-state index contributed by atoms with van der Waals surface area (Å²) in [5.74, 6) is -0.0214. The highest BCUT2D eigenvalue weighted by atomic mass is 16.4. The highest BCUT2D eigenvalue weighted by Gasteiger charge is 2.62. The van der Waals surface area contributed by atoms with Crippen LogP contribution in [-0.2, 0) is 4.79 Å². The number of carboxylic acid groups (broad SMARTS) is 1. The highest BCUT2D eigenvalue weighted by molar-refractivity contribution is 5.80. The van der Waals surface area contributed by atoms with Crippen molar-refractivity contribution >= 4 is 5.97 Å². The second-order valence-electron chi connectivity index (χ2n) is 8.99. The maximum atomic E-state index is 11.1. The van der Waals surface area contributed by atoms with E-state index in [-0.39, 0.29) is 10.8 Å². The Kier molecular flexibility index (Phi) is 5.23. The molecule has 4 nitrogen and oxygen atoms in total. The topological polar surface area (TPSA) is 77.8 Å². The number of hydrogen-bond donors (Lipinski definition) is 3. The van der Waals surface area contributed by atoms with E-state index < -0.39 is 17.7 Å². The Bertz CT molecular complexity index is 524. The van der Waals surface area contributed by atoms with Crippen molar-refractivity contribution in [3.8, 4) is 0 Å². The zero-order chi connectivity index (χ0) is 18.3. The summed E-state index contributed by atoms with van der Waals surface area (Å²) < 4.78 is 0. The first-order valence-corrected chi connectivity index (χ1v) is 9.25. The molecule has 0 radical (unpaired) electrons. The molecule has 0 spiro atoms. The average Bonchev–Trinajstić information content (AvgIpc) is 2.47. The van der Waals surface area contributed by atoms with Crippen LogP contribution in [0.3, 0.4) is 0 Å². The van der Waals surface area contributed by atoms with Crippen molar-refractivity contribution < 1.29 is 20.1 Å². The fourth-order valence-electron chi connectivity index (χ4n) is 5.50. The molecule has 2 aliphatic rings. The predicted octanol–water partition coefficient (Wildman–Crippen LogP) is 3.76. The summed E-state index contributed by atoms with van der Waals surface area (Å²) in [5.41, 5.74) is -0.421. The van der Waals surface area contributed by atoms with Crippen molar-refractivity contribution in [1.82, 2.24) is 0 Å². The smallest absolute Gasteiger partial charge is 0.328 e. The normalized spacial score (nSPS) is 46.5. The van der Waals surface area contributed by atoms with E-state index in [1.165, 1.54) is 6.08 Å². The molecule has 4 heteroatoms. The lowest BCUT2D eigenvalue weighted by Gasteiger charge is -2.64. The number of aliphatic carboxylic acids is 1. The number of fused-ring (bicyclic) bond motifs is 1. The minimum absolute atomic E-state index is 0.0464. The number of carboxylic acids is 1. The Balaban J connectivity index is 2.29. The molecule has 0 amide bonds. The maximum absolute atomic E-state index is 11.1. The Morgan fingerprint density at radius 3 is 2.42 bits per heavy atom. The van der Waals surface area contributed by atoms with E-state index in [1.807, 2.05) is 6.92 Å². The number of allylic oxidation sites excluding steroid dienone is 1. The summed E-state index contributed by atoms with van der Waals surface area (Å²) in [4.78, 5) is 10.9. The molecule has 0 aromatic rings. The third-order valence-electron chi connectivity index (χ3n) is 7.75. The van der Waals surface area contributed by atoms with Crippen LogP contribution in [0.15, 0.2) is 11.6 Å². The zero-order valence-electron chi connectivity index (χ0n) is 15.8. The van der Waals surface area contributed by atoms with Crippen molar-refractivity contribution in [3.63, 3.8) is 0 Å². The molecule has 0 unspecified atom stereocenters. The van der Waals surface area contributed by atoms with E-state index in [0.717, 1.165) is 37.7 Å². The number of aliphatic hydroxyl groups is 2. The van der Waals surface area contributed by atoms with Gasteiger partial charge in [-0.25, -0.2) is 4.79 Å². The third-order valence-corrected chi connectivity index (χ3v) is 7.75. The molecule has 24 heavy (non-hydrogen) atoms. The molecule has 2 saturated carbocycles. The SMILES string of the molecule is C/C(=C/C(=O)O)CC[C@]1(C)[C@@H](C)CC[C@]2(C)[C@H]1CC[C@@H](O)[C@@]2(C)O. The van der Waals surface area contributed by atoms with Gasteiger partial charge in [0.2, 0.25) is 0 Å². The average molecular weight is 338 g/mol. The molecule has 2 fully saturated rings. The van der Waals surface area contributed by atoms with E-state index in [2.05, 4.69) is 20.8 Å². The molecule has 0 aromatic heterocycles. The minimum Gasteiger partial charge on any atom is -0.478 e. The first-order valence-electron chi connectivity index (χ1n) is 9.25. The van der Waals surface area contributed by atoms with Crippen LogP contribution in [-0.4, -0.2) is 33.0 Å². The Labute approximate surface area is 146 Å². The van der Waals surface area contributed by atoms with Gasteiger partial charge in [0.15, 0.2) is 0 Å². The summed E-state index contributed by atoms with van der Waals surface area (Å²) in [6.45, 7) is 10.4. The van der Waals surface area contributed by atoms with Gasteiger partial charge in [-0.3, -0.25) is 0 Å². The number of aliphatic hydroxyl groups excluding tert-OH is 1. The number of carbonyl (C=O) groups is 1. The molecular weight excluding hydrogens is 304 g/mol. The van der Waals surface area contributed by atoms with Gasteiger partial charge in [0.05, 0.1) is 11.7 Å². The molecule has 0 saturated heterocycles. The van der Waals surface area contributed by atoms with Crippen LogP contribution in [0.1, 0.15) is 73.1 Å². The standard InChI is InChI=1S/C20H34O4/c1-13(12-17(22)23)8-10-18(3)14(2)9-11-19(4)15(18)6-7-16(21)20(19,5)24/h12,14-16,21,24H,6-11H2,1-5H3,(H,22,23)/b13-12-/t14-,15-,16+,18+,19+,20+/m0/s1. The highest BCUT2D eigenvalue weighted by Crippen LogP contribution is 2.64. The largest absolute Gasteiger partial charge is 0.478 e. The van der Waals surface area contributed by atoms with Crippen LogP contribution in [0.4, 0.5) is 0 Å². The van der Waals surface area contributed by atoms with Gasteiger partial charge < -0.3 is 15.3 Å².